The van der Waals surface area contributed by atoms with Crippen molar-refractivity contribution in [2.75, 3.05) is 0 Å². The lowest BCUT2D eigenvalue weighted by Crippen LogP contribution is -2.02. The van der Waals surface area contributed by atoms with Crippen LogP contribution in [0.1, 0.15) is 0 Å². The Morgan fingerprint density at radius 3 is 2.09 bits per heavy atom. The molecule has 0 aliphatic rings. The first-order valence-electron chi connectivity index (χ1n) is 10.3. The van der Waals surface area contributed by atoms with Crippen LogP contribution in [0.25, 0.3) is 55.9 Å². The van der Waals surface area contributed by atoms with E-state index in [0.29, 0.717) is 11.6 Å². The summed E-state index contributed by atoms with van der Waals surface area (Å²) in [5.74, 6) is 0.538. The van der Waals surface area contributed by atoms with Gasteiger partial charge in [0, 0.05) is 29.7 Å². The van der Waals surface area contributed by atoms with Crippen molar-refractivity contribution < 1.29 is 0 Å². The molecule has 0 unspecified atom stereocenters. The van der Waals surface area contributed by atoms with Crippen molar-refractivity contribution in [1.82, 2.24) is 34.1 Å². The molecule has 0 aliphatic carbocycles. The monoisotopic (exact) mass is 413 g/mol. The van der Waals surface area contributed by atoms with Crippen LogP contribution in [0, 0.1) is 0 Å². The van der Waals surface area contributed by atoms with Gasteiger partial charge >= 0.3 is 0 Å². The Kier molecular flexibility index (Phi) is 3.43. The molecule has 0 atom stereocenters. The van der Waals surface area contributed by atoms with Gasteiger partial charge in [-0.05, 0) is 36.4 Å². The summed E-state index contributed by atoms with van der Waals surface area (Å²) in [5, 5.41) is 1.05. The second-order valence-electron chi connectivity index (χ2n) is 7.51. The second-order valence-corrected chi connectivity index (χ2v) is 7.51. The summed E-state index contributed by atoms with van der Waals surface area (Å²) < 4.78 is 4.08. The number of fused-ring (bicyclic) bond motifs is 6. The van der Waals surface area contributed by atoms with Gasteiger partial charge < -0.3 is 0 Å². The summed E-state index contributed by atoms with van der Waals surface area (Å²) in [4.78, 5) is 23.8. The van der Waals surface area contributed by atoms with Crippen LogP contribution < -0.4 is 0 Å². The Balaban J connectivity index is 1.71. The maximum absolute atomic E-state index is 5.15. The summed E-state index contributed by atoms with van der Waals surface area (Å²) in [6.07, 6.45) is 5.23. The molecule has 0 saturated heterocycles. The normalized spacial score (nSPS) is 11.8. The number of aromatic nitrogens is 7. The van der Waals surface area contributed by atoms with Crippen LogP contribution in [0.4, 0.5) is 0 Å². The van der Waals surface area contributed by atoms with Crippen LogP contribution in [0.3, 0.4) is 0 Å². The number of hydrogen-bond acceptors (Lipinski definition) is 5. The predicted octanol–water partition coefficient (Wildman–Crippen LogP) is 4.86. The standard InChI is InChI=1S/C25H15N7/c1-2-8-16(9-3-1)31-18-11-5-4-10-17(18)20-23(31)30-24-22(29-20)21-19(12-6-13-26-21)32(24)25-27-14-7-15-28-25/h1-15H. The molecule has 2 aromatic carbocycles. The zero-order valence-electron chi connectivity index (χ0n) is 16.8. The Hall–Kier alpha value is -4.65. The molecule has 32 heavy (non-hydrogen) atoms. The minimum atomic E-state index is 0.538. The number of benzene rings is 2. The Labute approximate surface area is 181 Å². The highest BCUT2D eigenvalue weighted by Gasteiger charge is 2.21. The van der Waals surface area contributed by atoms with E-state index in [-0.39, 0.29) is 0 Å². The van der Waals surface area contributed by atoms with E-state index in [1.54, 1.807) is 24.7 Å². The van der Waals surface area contributed by atoms with E-state index in [0.717, 1.165) is 44.3 Å². The summed E-state index contributed by atoms with van der Waals surface area (Å²) in [7, 11) is 0. The average Bonchev–Trinajstić information content (AvgIpc) is 3.36. The summed E-state index contributed by atoms with van der Waals surface area (Å²) in [6.45, 7) is 0. The quantitative estimate of drug-likeness (QED) is 0.405. The molecule has 5 heterocycles. The predicted molar refractivity (Wildman–Crippen MR) is 124 cm³/mol. The lowest BCUT2D eigenvalue weighted by molar-refractivity contribution is 0.972. The fourth-order valence-electron chi connectivity index (χ4n) is 4.37. The molecule has 7 nitrogen and oxygen atoms in total. The molecule has 0 saturated carbocycles. The van der Waals surface area contributed by atoms with Crippen LogP contribution in [0.5, 0.6) is 0 Å². The molecule has 0 amide bonds. The minimum Gasteiger partial charge on any atom is -0.292 e. The molecular weight excluding hydrogens is 398 g/mol. The SMILES string of the molecule is c1ccc(-n2c3ccccc3c3nc4c5ncccc5n(-c5ncccn5)c4nc32)cc1. The third kappa shape index (κ3) is 2.27. The van der Waals surface area contributed by atoms with Crippen molar-refractivity contribution >= 4 is 44.3 Å². The van der Waals surface area contributed by atoms with E-state index in [1.165, 1.54) is 0 Å². The van der Waals surface area contributed by atoms with Crippen molar-refractivity contribution in [2.24, 2.45) is 0 Å². The Bertz CT molecular complexity index is 1640. The fraction of sp³-hybridized carbons (Fsp3) is 0. The third-order valence-corrected chi connectivity index (χ3v) is 5.70. The van der Waals surface area contributed by atoms with Crippen molar-refractivity contribution in [1.29, 1.82) is 0 Å². The highest BCUT2D eigenvalue weighted by Crippen LogP contribution is 2.34. The lowest BCUT2D eigenvalue weighted by Gasteiger charge is -2.07. The Morgan fingerprint density at radius 1 is 0.500 bits per heavy atom. The van der Waals surface area contributed by atoms with Crippen LogP contribution >= 0.6 is 0 Å². The number of pyridine rings is 1. The van der Waals surface area contributed by atoms with Gasteiger partial charge in [0.2, 0.25) is 5.95 Å². The molecule has 0 N–H and O–H groups in total. The van der Waals surface area contributed by atoms with E-state index in [2.05, 4.69) is 43.8 Å². The maximum atomic E-state index is 5.15. The van der Waals surface area contributed by atoms with E-state index >= 15 is 0 Å². The topological polar surface area (TPSA) is 74.3 Å². The summed E-state index contributed by atoms with van der Waals surface area (Å²) >= 11 is 0. The first kappa shape index (κ1) is 17.1. The third-order valence-electron chi connectivity index (χ3n) is 5.70. The van der Waals surface area contributed by atoms with Crippen LogP contribution in [0.2, 0.25) is 0 Å². The number of hydrogen-bond donors (Lipinski definition) is 0. The average molecular weight is 413 g/mol. The molecule has 0 spiro atoms. The second kappa shape index (κ2) is 6.42. The van der Waals surface area contributed by atoms with Crippen molar-refractivity contribution in [3.8, 4) is 11.6 Å². The first-order chi connectivity index (χ1) is 15.9. The summed E-state index contributed by atoms with van der Waals surface area (Å²) in [6, 6.07) is 24.2. The highest BCUT2D eigenvalue weighted by atomic mass is 15.2. The van der Waals surface area contributed by atoms with Gasteiger partial charge in [-0.25, -0.2) is 19.9 Å². The van der Waals surface area contributed by atoms with Gasteiger partial charge in [0.05, 0.1) is 11.0 Å². The van der Waals surface area contributed by atoms with Gasteiger partial charge in [0.15, 0.2) is 11.3 Å². The molecule has 5 aromatic heterocycles. The van der Waals surface area contributed by atoms with E-state index in [4.69, 9.17) is 9.97 Å². The van der Waals surface area contributed by atoms with Gasteiger partial charge in [-0.2, -0.15) is 0 Å². The van der Waals surface area contributed by atoms with Gasteiger partial charge in [-0.3, -0.25) is 14.1 Å². The smallest absolute Gasteiger partial charge is 0.235 e. The largest absolute Gasteiger partial charge is 0.292 e. The zero-order chi connectivity index (χ0) is 21.1. The molecule has 150 valence electrons. The zero-order valence-corrected chi connectivity index (χ0v) is 16.8. The fourth-order valence-corrected chi connectivity index (χ4v) is 4.37. The number of rotatable bonds is 2. The molecule has 0 bridgehead atoms. The molecule has 7 rings (SSSR count). The molecule has 7 heteroatoms. The lowest BCUT2D eigenvalue weighted by atomic mass is 10.2. The van der Waals surface area contributed by atoms with Crippen molar-refractivity contribution in [2.45, 2.75) is 0 Å². The van der Waals surface area contributed by atoms with Crippen LogP contribution in [-0.2, 0) is 0 Å². The number of para-hydroxylation sites is 2. The Morgan fingerprint density at radius 2 is 1.22 bits per heavy atom. The van der Waals surface area contributed by atoms with Gasteiger partial charge in [-0.1, -0.05) is 36.4 Å². The molecule has 0 radical (unpaired) electrons. The first-order valence-corrected chi connectivity index (χ1v) is 10.3. The van der Waals surface area contributed by atoms with Crippen LogP contribution in [-0.4, -0.2) is 34.1 Å². The molecule has 7 aromatic rings. The van der Waals surface area contributed by atoms with E-state index < -0.39 is 0 Å². The van der Waals surface area contributed by atoms with E-state index in [9.17, 15) is 0 Å². The number of nitrogens with zero attached hydrogens (tertiary/aromatic N) is 7. The van der Waals surface area contributed by atoms with Gasteiger partial charge in [0.1, 0.15) is 16.6 Å². The summed E-state index contributed by atoms with van der Waals surface area (Å²) in [5.41, 5.74) is 6.78. The minimum absolute atomic E-state index is 0.538. The molecule has 0 aliphatic heterocycles. The maximum Gasteiger partial charge on any atom is 0.235 e. The van der Waals surface area contributed by atoms with Crippen molar-refractivity contribution in [3.05, 3.63) is 91.4 Å². The van der Waals surface area contributed by atoms with E-state index in [1.807, 2.05) is 47.0 Å². The molecule has 0 fully saturated rings. The van der Waals surface area contributed by atoms with Gasteiger partial charge in [-0.15, -0.1) is 0 Å². The highest BCUT2D eigenvalue weighted by molar-refractivity contribution is 6.11. The van der Waals surface area contributed by atoms with Gasteiger partial charge in [0.25, 0.3) is 0 Å². The van der Waals surface area contributed by atoms with Crippen LogP contribution in [0.15, 0.2) is 91.4 Å². The molecular formula is C25H15N7. The van der Waals surface area contributed by atoms with Crippen molar-refractivity contribution in [3.63, 3.8) is 0 Å².